The molecule has 1 aliphatic rings. The summed E-state index contributed by atoms with van der Waals surface area (Å²) in [7, 11) is 0. The molecule has 1 aromatic carbocycles. The third-order valence-corrected chi connectivity index (χ3v) is 3.18. The van der Waals surface area contributed by atoms with E-state index in [2.05, 4.69) is 4.90 Å². The molecule has 0 unspecified atom stereocenters. The van der Waals surface area contributed by atoms with Gasteiger partial charge in [0.25, 0.3) is 0 Å². The fourth-order valence-electron chi connectivity index (χ4n) is 2.15. The van der Waals surface area contributed by atoms with Crippen molar-refractivity contribution in [1.82, 2.24) is 0 Å². The summed E-state index contributed by atoms with van der Waals surface area (Å²) in [4.78, 5) is 13.5. The summed E-state index contributed by atoms with van der Waals surface area (Å²) in [6, 6.07) is 5.28. The first kappa shape index (κ1) is 13.0. The van der Waals surface area contributed by atoms with E-state index in [0.717, 1.165) is 37.4 Å². The van der Waals surface area contributed by atoms with Gasteiger partial charge in [0.15, 0.2) is 0 Å². The van der Waals surface area contributed by atoms with Crippen LogP contribution in [0.25, 0.3) is 0 Å². The van der Waals surface area contributed by atoms with Gasteiger partial charge < -0.3 is 15.4 Å². The fraction of sp³-hybridized carbons (Fsp3) is 0.462. The van der Waals surface area contributed by atoms with Crippen molar-refractivity contribution < 1.29 is 9.53 Å². The van der Waals surface area contributed by atoms with Gasteiger partial charge in [0.1, 0.15) is 12.4 Å². The first-order chi connectivity index (χ1) is 8.72. The lowest BCUT2D eigenvalue weighted by molar-refractivity contribution is 0.100. The van der Waals surface area contributed by atoms with Crippen LogP contribution in [0.1, 0.15) is 23.2 Å². The van der Waals surface area contributed by atoms with Crippen LogP contribution in [-0.2, 0) is 0 Å². The number of carbonyl (C=O) groups is 1. The third kappa shape index (κ3) is 2.88. The Labute approximate surface area is 112 Å². The number of benzene rings is 1. The van der Waals surface area contributed by atoms with Gasteiger partial charge in [0.2, 0.25) is 5.91 Å². The molecular weight excluding hydrogens is 252 g/mol. The van der Waals surface area contributed by atoms with Crippen LogP contribution in [0.5, 0.6) is 5.75 Å². The zero-order valence-corrected chi connectivity index (χ0v) is 10.9. The van der Waals surface area contributed by atoms with Crippen LogP contribution in [0.4, 0.5) is 5.69 Å². The molecule has 0 aliphatic carbocycles. The number of amides is 1. The maximum Gasteiger partial charge on any atom is 0.248 e. The summed E-state index contributed by atoms with van der Waals surface area (Å²) in [6.45, 7) is 2.43. The maximum absolute atomic E-state index is 11.2. The van der Waals surface area contributed by atoms with E-state index in [0.29, 0.717) is 18.1 Å². The van der Waals surface area contributed by atoms with Gasteiger partial charge in [-0.15, -0.1) is 11.6 Å². The van der Waals surface area contributed by atoms with E-state index >= 15 is 0 Å². The molecule has 1 fully saturated rings. The van der Waals surface area contributed by atoms with Gasteiger partial charge in [-0.05, 0) is 31.0 Å². The third-order valence-electron chi connectivity index (χ3n) is 3.02. The van der Waals surface area contributed by atoms with Crippen molar-refractivity contribution in [2.75, 3.05) is 30.5 Å². The molecule has 18 heavy (non-hydrogen) atoms. The second-order valence-corrected chi connectivity index (χ2v) is 4.66. The van der Waals surface area contributed by atoms with Crippen LogP contribution in [0, 0.1) is 0 Å². The summed E-state index contributed by atoms with van der Waals surface area (Å²) in [6.07, 6.45) is 2.32. The van der Waals surface area contributed by atoms with Crippen LogP contribution in [-0.4, -0.2) is 31.5 Å². The number of nitrogens with two attached hydrogens (primary N) is 1. The molecule has 1 amide bonds. The van der Waals surface area contributed by atoms with E-state index < -0.39 is 5.91 Å². The monoisotopic (exact) mass is 268 g/mol. The van der Waals surface area contributed by atoms with Gasteiger partial charge in [0.05, 0.1) is 11.6 Å². The van der Waals surface area contributed by atoms with E-state index in [1.54, 1.807) is 18.2 Å². The quantitative estimate of drug-likeness (QED) is 0.831. The summed E-state index contributed by atoms with van der Waals surface area (Å²) in [5.41, 5.74) is 6.76. The van der Waals surface area contributed by atoms with Crippen molar-refractivity contribution in [2.45, 2.75) is 12.8 Å². The molecule has 1 saturated heterocycles. The number of halogens is 1. The minimum Gasteiger partial charge on any atom is -0.490 e. The van der Waals surface area contributed by atoms with Crippen molar-refractivity contribution in [3.05, 3.63) is 23.8 Å². The van der Waals surface area contributed by atoms with Gasteiger partial charge in [-0.1, -0.05) is 0 Å². The molecule has 2 rings (SSSR count). The van der Waals surface area contributed by atoms with Crippen LogP contribution in [0.2, 0.25) is 0 Å². The lowest BCUT2D eigenvalue weighted by Gasteiger charge is -2.21. The number of hydrogen-bond acceptors (Lipinski definition) is 3. The highest BCUT2D eigenvalue weighted by Gasteiger charge is 2.18. The first-order valence-corrected chi connectivity index (χ1v) is 6.63. The molecule has 0 radical (unpaired) electrons. The van der Waals surface area contributed by atoms with Crippen molar-refractivity contribution in [2.24, 2.45) is 5.73 Å². The molecule has 5 heteroatoms. The predicted octanol–water partition coefficient (Wildman–Crippen LogP) is 2.00. The Kier molecular flexibility index (Phi) is 4.31. The number of hydrogen-bond donors (Lipinski definition) is 1. The number of carbonyl (C=O) groups excluding carboxylic acids is 1. The van der Waals surface area contributed by atoms with Crippen LogP contribution in [0.15, 0.2) is 18.2 Å². The summed E-state index contributed by atoms with van der Waals surface area (Å²) >= 11 is 5.63. The fourth-order valence-corrected chi connectivity index (χ4v) is 2.22. The van der Waals surface area contributed by atoms with Crippen molar-refractivity contribution in [1.29, 1.82) is 0 Å². The SMILES string of the molecule is NC(=O)c1ccc(OCCCl)c(N2CCCC2)c1. The highest BCUT2D eigenvalue weighted by atomic mass is 35.5. The van der Waals surface area contributed by atoms with Crippen molar-refractivity contribution >= 4 is 23.2 Å². The molecule has 98 valence electrons. The largest absolute Gasteiger partial charge is 0.490 e. The number of nitrogens with zero attached hydrogens (tertiary/aromatic N) is 1. The number of rotatable bonds is 5. The maximum atomic E-state index is 11.2. The van der Waals surface area contributed by atoms with Gasteiger partial charge in [-0.25, -0.2) is 0 Å². The van der Waals surface area contributed by atoms with E-state index in [1.807, 2.05) is 0 Å². The lowest BCUT2D eigenvalue weighted by atomic mass is 10.1. The van der Waals surface area contributed by atoms with Crippen molar-refractivity contribution in [3.8, 4) is 5.75 Å². The zero-order chi connectivity index (χ0) is 13.0. The molecule has 4 nitrogen and oxygen atoms in total. The van der Waals surface area contributed by atoms with Gasteiger partial charge >= 0.3 is 0 Å². The van der Waals surface area contributed by atoms with Crippen LogP contribution >= 0.6 is 11.6 Å². The smallest absolute Gasteiger partial charge is 0.248 e. The van der Waals surface area contributed by atoms with E-state index in [-0.39, 0.29) is 0 Å². The Morgan fingerprint density at radius 3 is 2.72 bits per heavy atom. The average molecular weight is 269 g/mol. The molecule has 0 aromatic heterocycles. The highest BCUT2D eigenvalue weighted by molar-refractivity contribution is 6.18. The highest BCUT2D eigenvalue weighted by Crippen LogP contribution is 2.32. The average Bonchev–Trinajstić information content (AvgIpc) is 2.89. The molecule has 1 heterocycles. The Balaban J connectivity index is 2.29. The Morgan fingerprint density at radius 1 is 1.39 bits per heavy atom. The molecule has 0 spiro atoms. The van der Waals surface area contributed by atoms with Gasteiger partial charge in [0, 0.05) is 18.7 Å². The minimum absolute atomic E-state index is 0.417. The van der Waals surface area contributed by atoms with E-state index in [4.69, 9.17) is 22.1 Å². The Morgan fingerprint density at radius 2 is 2.11 bits per heavy atom. The number of ether oxygens (including phenoxy) is 1. The number of anilines is 1. The second-order valence-electron chi connectivity index (χ2n) is 4.28. The van der Waals surface area contributed by atoms with Gasteiger partial charge in [-0.3, -0.25) is 4.79 Å². The van der Waals surface area contributed by atoms with Crippen LogP contribution < -0.4 is 15.4 Å². The van der Waals surface area contributed by atoms with E-state index in [1.165, 1.54) is 0 Å². The molecule has 0 saturated carbocycles. The summed E-state index contributed by atoms with van der Waals surface area (Å²) < 4.78 is 5.61. The molecule has 1 aliphatic heterocycles. The lowest BCUT2D eigenvalue weighted by Crippen LogP contribution is -2.20. The van der Waals surface area contributed by atoms with E-state index in [9.17, 15) is 4.79 Å². The first-order valence-electron chi connectivity index (χ1n) is 6.10. The predicted molar refractivity (Wildman–Crippen MR) is 72.6 cm³/mol. The molecule has 0 atom stereocenters. The summed E-state index contributed by atoms with van der Waals surface area (Å²) in [5.74, 6) is 0.790. The molecule has 1 aromatic rings. The Hall–Kier alpha value is -1.42. The van der Waals surface area contributed by atoms with Crippen LogP contribution in [0.3, 0.4) is 0 Å². The Bertz CT molecular complexity index is 431. The minimum atomic E-state index is -0.417. The standard InChI is InChI=1S/C13H17ClN2O2/c14-5-8-18-12-4-3-10(13(15)17)9-11(12)16-6-1-2-7-16/h3-4,9H,1-2,5-8H2,(H2,15,17). The normalized spacial score (nSPS) is 14.8. The second kappa shape index (κ2) is 5.96. The summed E-state index contributed by atoms with van der Waals surface area (Å²) in [5, 5.41) is 0. The number of primary amides is 1. The zero-order valence-electron chi connectivity index (χ0n) is 10.2. The van der Waals surface area contributed by atoms with Crippen molar-refractivity contribution in [3.63, 3.8) is 0 Å². The molecule has 0 bridgehead atoms. The van der Waals surface area contributed by atoms with Gasteiger partial charge in [-0.2, -0.15) is 0 Å². The molecular formula is C13H17ClN2O2. The topological polar surface area (TPSA) is 55.6 Å². The molecule has 2 N–H and O–H groups in total. The number of alkyl halides is 1.